The number of aryl methyl sites for hydroxylation is 2. The predicted molar refractivity (Wildman–Crippen MR) is 118 cm³/mol. The van der Waals surface area contributed by atoms with E-state index in [-0.39, 0.29) is 42.0 Å². The molecule has 1 unspecified atom stereocenters. The number of hydrogen-bond acceptors (Lipinski definition) is 6. The molecule has 1 aromatic heterocycles. The Kier molecular flexibility index (Phi) is 5.94. The number of ether oxygens (including phenoxy) is 3. The largest absolute Gasteiger partial charge is 0.490 e. The van der Waals surface area contributed by atoms with Crippen LogP contribution in [0.5, 0.6) is 17.4 Å². The van der Waals surface area contributed by atoms with E-state index < -0.39 is 36.1 Å². The maximum Gasteiger partial charge on any atom is 0.274 e. The van der Waals surface area contributed by atoms with Gasteiger partial charge >= 0.3 is 0 Å². The number of pyridine rings is 1. The molecule has 1 N–H and O–H groups in total. The van der Waals surface area contributed by atoms with Gasteiger partial charge in [-0.25, -0.2) is 18.2 Å². The molecule has 1 fully saturated rings. The predicted octanol–water partition coefficient (Wildman–Crippen LogP) is 3.50. The monoisotopic (exact) mass is 491 g/mol. The van der Waals surface area contributed by atoms with Gasteiger partial charge in [-0.1, -0.05) is 0 Å². The van der Waals surface area contributed by atoms with Crippen LogP contribution in [0.4, 0.5) is 18.9 Å². The van der Waals surface area contributed by atoms with E-state index in [1.807, 2.05) is 0 Å². The normalized spacial score (nSPS) is 21.9. The van der Waals surface area contributed by atoms with Crippen molar-refractivity contribution < 1.29 is 37.0 Å². The fourth-order valence-corrected chi connectivity index (χ4v) is 4.57. The lowest BCUT2D eigenvalue weighted by Crippen LogP contribution is -2.37. The highest BCUT2D eigenvalue weighted by Gasteiger charge is 2.43. The molecule has 2 aromatic rings. The fourth-order valence-electron chi connectivity index (χ4n) is 4.57. The number of anilines is 1. The minimum Gasteiger partial charge on any atom is -0.490 e. The molecule has 5 rings (SSSR count). The maximum absolute atomic E-state index is 14.9. The summed E-state index contributed by atoms with van der Waals surface area (Å²) in [5, 5.41) is 2.79. The first-order valence-corrected chi connectivity index (χ1v) is 11.4. The Balaban J connectivity index is 1.38. The minimum atomic E-state index is -2.86. The summed E-state index contributed by atoms with van der Waals surface area (Å²) in [4.78, 5) is 31.0. The van der Waals surface area contributed by atoms with Crippen LogP contribution >= 0.6 is 0 Å². The van der Waals surface area contributed by atoms with Gasteiger partial charge in [0.25, 0.3) is 12.3 Å². The average Bonchev–Trinajstić information content (AvgIpc) is 3.17. The zero-order valence-electron chi connectivity index (χ0n) is 19.1. The lowest BCUT2D eigenvalue weighted by atomic mass is 10.1. The molecule has 0 bridgehead atoms. The summed E-state index contributed by atoms with van der Waals surface area (Å²) < 4.78 is 58.2. The molecular formula is C24H24F3N3O5. The van der Waals surface area contributed by atoms with Crippen molar-refractivity contribution in [1.29, 1.82) is 0 Å². The van der Waals surface area contributed by atoms with Crippen LogP contribution in [0, 0.1) is 12.7 Å². The molecule has 3 aliphatic heterocycles. The number of fused-ring (bicyclic) bond motifs is 3. The molecule has 0 aliphatic carbocycles. The Hall–Kier alpha value is -3.50. The molecule has 1 saturated heterocycles. The highest BCUT2D eigenvalue weighted by Crippen LogP contribution is 2.40. The van der Waals surface area contributed by atoms with Crippen LogP contribution in [-0.4, -0.2) is 59.5 Å². The number of nitrogens with one attached hydrogen (secondary N) is 1. The highest BCUT2D eigenvalue weighted by atomic mass is 19.3. The van der Waals surface area contributed by atoms with E-state index in [0.29, 0.717) is 30.8 Å². The molecule has 0 saturated carbocycles. The lowest BCUT2D eigenvalue weighted by Gasteiger charge is -2.23. The van der Waals surface area contributed by atoms with Gasteiger partial charge in [-0.05, 0) is 37.5 Å². The van der Waals surface area contributed by atoms with Crippen molar-refractivity contribution in [2.75, 3.05) is 18.5 Å². The van der Waals surface area contributed by atoms with Crippen LogP contribution in [0.1, 0.15) is 41.3 Å². The Morgan fingerprint density at radius 2 is 2.06 bits per heavy atom. The molecule has 3 aliphatic rings. The third kappa shape index (κ3) is 4.35. The molecule has 1 aromatic carbocycles. The van der Waals surface area contributed by atoms with E-state index in [2.05, 4.69) is 10.3 Å². The lowest BCUT2D eigenvalue weighted by molar-refractivity contribution is -0.116. The van der Waals surface area contributed by atoms with E-state index in [1.165, 1.54) is 17.9 Å². The second kappa shape index (κ2) is 8.94. The zero-order chi connectivity index (χ0) is 24.9. The average molecular weight is 491 g/mol. The summed E-state index contributed by atoms with van der Waals surface area (Å²) in [6, 6.07) is 2.66. The quantitative estimate of drug-likeness (QED) is 0.689. The number of carbonyl (C=O) groups is 2. The van der Waals surface area contributed by atoms with E-state index >= 15 is 0 Å². The van der Waals surface area contributed by atoms with Gasteiger partial charge in [0, 0.05) is 25.1 Å². The van der Waals surface area contributed by atoms with E-state index in [0.717, 1.165) is 12.5 Å². The molecule has 3 atom stereocenters. The Labute approximate surface area is 199 Å². The van der Waals surface area contributed by atoms with Crippen LogP contribution in [0.15, 0.2) is 18.3 Å². The van der Waals surface area contributed by atoms with Crippen molar-refractivity contribution in [2.24, 2.45) is 0 Å². The molecule has 2 amide bonds. The van der Waals surface area contributed by atoms with Crippen LogP contribution in [0.25, 0.3) is 0 Å². The van der Waals surface area contributed by atoms with Gasteiger partial charge in [-0.15, -0.1) is 0 Å². The highest BCUT2D eigenvalue weighted by molar-refractivity contribution is 6.00. The standard InChI is InChI=1S/C24H24F3N3O5/c1-11-5-17-20(22(21(11)25)34-12(2)23(26)27)24(32)30-9-15(6-14(30)10-33-17)35-19-7-16-13(8-28-19)3-4-18(31)29-16/h5,7-8,12,14-15,23H,3-4,6,9-10H2,1-2H3,(H,29,31)/t12?,14-,15+/m1/s1. The smallest absolute Gasteiger partial charge is 0.274 e. The van der Waals surface area contributed by atoms with Crippen molar-refractivity contribution in [3.8, 4) is 17.4 Å². The van der Waals surface area contributed by atoms with E-state index in [1.54, 1.807) is 12.3 Å². The number of alkyl halides is 2. The molecule has 0 radical (unpaired) electrons. The fraction of sp³-hybridized carbons (Fsp3) is 0.458. The number of nitrogens with zero attached hydrogens (tertiary/aromatic N) is 2. The van der Waals surface area contributed by atoms with Crippen LogP contribution in [0.3, 0.4) is 0 Å². The minimum absolute atomic E-state index is 0.0769. The molecule has 0 spiro atoms. The van der Waals surface area contributed by atoms with Gasteiger partial charge in [0.15, 0.2) is 17.7 Å². The van der Waals surface area contributed by atoms with E-state index in [4.69, 9.17) is 14.2 Å². The summed E-state index contributed by atoms with van der Waals surface area (Å²) in [6.07, 6.45) is -1.83. The molecule has 11 heteroatoms. The number of hydrogen-bond donors (Lipinski definition) is 1. The SMILES string of the molecule is Cc1cc2c(c(OC(C)C(F)F)c1F)C(=O)N1C[C@@H](Oc3cc4c(cn3)CCC(=O)N4)C[C@@H]1CO2. The van der Waals surface area contributed by atoms with Crippen molar-refractivity contribution in [1.82, 2.24) is 9.88 Å². The van der Waals surface area contributed by atoms with Crippen LogP contribution < -0.4 is 19.5 Å². The second-order valence-corrected chi connectivity index (χ2v) is 8.99. The zero-order valence-corrected chi connectivity index (χ0v) is 19.1. The molecular weight excluding hydrogens is 467 g/mol. The van der Waals surface area contributed by atoms with Gasteiger partial charge in [0.2, 0.25) is 11.8 Å². The number of aromatic nitrogens is 1. The maximum atomic E-state index is 14.9. The van der Waals surface area contributed by atoms with Crippen molar-refractivity contribution in [2.45, 2.75) is 57.8 Å². The second-order valence-electron chi connectivity index (χ2n) is 8.99. The Morgan fingerprint density at radius 1 is 1.26 bits per heavy atom. The third-order valence-corrected chi connectivity index (χ3v) is 6.45. The first-order valence-electron chi connectivity index (χ1n) is 11.4. The first kappa shape index (κ1) is 23.3. The number of amides is 2. The van der Waals surface area contributed by atoms with Gasteiger partial charge in [0.05, 0.1) is 18.3 Å². The van der Waals surface area contributed by atoms with Crippen LogP contribution in [0.2, 0.25) is 0 Å². The van der Waals surface area contributed by atoms with Crippen molar-refractivity contribution in [3.63, 3.8) is 0 Å². The summed E-state index contributed by atoms with van der Waals surface area (Å²) in [5.74, 6) is -1.65. The molecule has 186 valence electrons. The van der Waals surface area contributed by atoms with Crippen LogP contribution in [-0.2, 0) is 11.2 Å². The molecule has 8 nitrogen and oxygen atoms in total. The number of benzene rings is 1. The Bertz CT molecular complexity index is 1190. The van der Waals surface area contributed by atoms with Gasteiger partial charge in [-0.3, -0.25) is 9.59 Å². The van der Waals surface area contributed by atoms with Gasteiger partial charge in [-0.2, -0.15) is 0 Å². The van der Waals surface area contributed by atoms with Gasteiger partial charge < -0.3 is 24.4 Å². The molecule has 35 heavy (non-hydrogen) atoms. The van der Waals surface area contributed by atoms with Gasteiger partial charge in [0.1, 0.15) is 24.0 Å². The molecule has 4 heterocycles. The topological polar surface area (TPSA) is 90.0 Å². The first-order chi connectivity index (χ1) is 16.7. The summed E-state index contributed by atoms with van der Waals surface area (Å²) in [7, 11) is 0. The Morgan fingerprint density at radius 3 is 2.83 bits per heavy atom. The summed E-state index contributed by atoms with van der Waals surface area (Å²) >= 11 is 0. The number of rotatable bonds is 5. The van der Waals surface area contributed by atoms with E-state index in [9.17, 15) is 22.8 Å². The summed E-state index contributed by atoms with van der Waals surface area (Å²) in [6.45, 7) is 2.85. The number of carbonyl (C=O) groups excluding carboxylic acids is 2. The van der Waals surface area contributed by atoms with Crippen molar-refractivity contribution in [3.05, 3.63) is 40.8 Å². The number of halogens is 3. The third-order valence-electron chi connectivity index (χ3n) is 6.45. The summed E-state index contributed by atoms with van der Waals surface area (Å²) in [5.41, 5.74) is 1.48. The van der Waals surface area contributed by atoms with Crippen molar-refractivity contribution >= 4 is 17.5 Å².